The maximum atomic E-state index is 12.9. The van der Waals surface area contributed by atoms with Gasteiger partial charge in [-0.3, -0.25) is 4.98 Å². The molecule has 1 N–H and O–H groups in total. The normalized spacial score (nSPS) is 19.3. The summed E-state index contributed by atoms with van der Waals surface area (Å²) in [5, 5.41) is 3.59. The van der Waals surface area contributed by atoms with Gasteiger partial charge in [0.25, 0.3) is 0 Å². The molecule has 1 aromatic heterocycles. The van der Waals surface area contributed by atoms with E-state index >= 15 is 0 Å². The van der Waals surface area contributed by atoms with Crippen molar-refractivity contribution in [2.75, 3.05) is 12.8 Å². The molecule has 1 aliphatic carbocycles. The molecule has 0 saturated heterocycles. The number of pyridine rings is 1. The molecule has 0 amide bonds. The molecule has 1 unspecified atom stereocenters. The van der Waals surface area contributed by atoms with Gasteiger partial charge in [0.2, 0.25) is 0 Å². The summed E-state index contributed by atoms with van der Waals surface area (Å²) in [4.78, 5) is 4.18. The van der Waals surface area contributed by atoms with Gasteiger partial charge in [-0.1, -0.05) is 13.3 Å². The Bertz CT molecular complexity index is 370. The van der Waals surface area contributed by atoms with Crippen molar-refractivity contribution in [3.8, 4) is 0 Å². The van der Waals surface area contributed by atoms with Crippen LogP contribution >= 0.6 is 11.8 Å². The van der Waals surface area contributed by atoms with Crippen LogP contribution in [-0.2, 0) is 0 Å². The first-order valence-corrected chi connectivity index (χ1v) is 7.81. The third-order valence-corrected chi connectivity index (χ3v) is 5.30. The predicted octanol–water partition coefficient (Wildman–Crippen LogP) is 3.55. The molecule has 2 rings (SSSR count). The highest BCUT2D eigenvalue weighted by molar-refractivity contribution is 8.00. The summed E-state index contributed by atoms with van der Waals surface area (Å²) in [6.07, 6.45) is 8.41. The van der Waals surface area contributed by atoms with Crippen LogP contribution in [-0.4, -0.2) is 22.5 Å². The Morgan fingerprint density at radius 1 is 1.50 bits per heavy atom. The maximum Gasteiger partial charge on any atom is 0.141 e. The minimum absolute atomic E-state index is 0.232. The second-order valence-electron chi connectivity index (χ2n) is 4.98. The zero-order chi connectivity index (χ0) is 13.0. The molecule has 0 aromatic carbocycles. The fourth-order valence-corrected chi connectivity index (χ4v) is 3.31. The monoisotopic (exact) mass is 268 g/mol. The molecule has 1 aliphatic rings. The Morgan fingerprint density at radius 3 is 2.72 bits per heavy atom. The summed E-state index contributed by atoms with van der Waals surface area (Å²) in [7, 11) is 0. The molecule has 0 radical (unpaired) electrons. The number of hydrogen-bond donors (Lipinski definition) is 1. The predicted molar refractivity (Wildman–Crippen MR) is 75.3 cm³/mol. The zero-order valence-electron chi connectivity index (χ0n) is 11.1. The van der Waals surface area contributed by atoms with Crippen LogP contribution in [0.15, 0.2) is 18.3 Å². The van der Waals surface area contributed by atoms with Crippen LogP contribution in [0.3, 0.4) is 0 Å². The number of nitrogens with one attached hydrogen (secondary N) is 1. The fraction of sp³-hybridized carbons (Fsp3) is 0.643. The van der Waals surface area contributed by atoms with Crippen LogP contribution in [0, 0.1) is 5.82 Å². The lowest BCUT2D eigenvalue weighted by molar-refractivity contribution is 0.327. The van der Waals surface area contributed by atoms with Crippen molar-refractivity contribution in [3.63, 3.8) is 0 Å². The summed E-state index contributed by atoms with van der Waals surface area (Å²) in [6.45, 7) is 3.15. The average Bonchev–Trinajstić information content (AvgIpc) is 2.35. The van der Waals surface area contributed by atoms with Gasteiger partial charge in [0, 0.05) is 17.3 Å². The van der Waals surface area contributed by atoms with Crippen LogP contribution in [0.25, 0.3) is 0 Å². The Morgan fingerprint density at radius 2 is 2.28 bits per heavy atom. The van der Waals surface area contributed by atoms with E-state index in [0.29, 0.717) is 4.75 Å². The van der Waals surface area contributed by atoms with Gasteiger partial charge in [0.15, 0.2) is 0 Å². The Hall–Kier alpha value is -0.610. The molecule has 0 bridgehead atoms. The second-order valence-corrected chi connectivity index (χ2v) is 6.26. The molecule has 4 heteroatoms. The minimum atomic E-state index is -0.270. The lowest BCUT2D eigenvalue weighted by Crippen LogP contribution is -2.44. The van der Waals surface area contributed by atoms with Crippen molar-refractivity contribution in [2.24, 2.45) is 0 Å². The quantitative estimate of drug-likeness (QED) is 0.854. The molecule has 2 nitrogen and oxygen atoms in total. The van der Waals surface area contributed by atoms with Gasteiger partial charge in [0.05, 0.1) is 11.9 Å². The van der Waals surface area contributed by atoms with Gasteiger partial charge in [-0.2, -0.15) is 11.8 Å². The highest BCUT2D eigenvalue weighted by Crippen LogP contribution is 2.42. The van der Waals surface area contributed by atoms with Crippen molar-refractivity contribution in [1.82, 2.24) is 10.3 Å². The van der Waals surface area contributed by atoms with E-state index < -0.39 is 0 Å². The van der Waals surface area contributed by atoms with Crippen molar-refractivity contribution in [1.29, 1.82) is 0 Å². The lowest BCUT2D eigenvalue weighted by Gasteiger charge is -2.41. The first-order chi connectivity index (χ1) is 8.69. The van der Waals surface area contributed by atoms with E-state index in [0.717, 1.165) is 18.7 Å². The van der Waals surface area contributed by atoms with Crippen molar-refractivity contribution in [3.05, 3.63) is 29.8 Å². The van der Waals surface area contributed by atoms with Gasteiger partial charge < -0.3 is 5.32 Å². The van der Waals surface area contributed by atoms with Gasteiger partial charge in [-0.05, 0) is 37.7 Å². The number of thioether (sulfide) groups is 1. The van der Waals surface area contributed by atoms with E-state index in [1.54, 1.807) is 6.07 Å². The molecule has 18 heavy (non-hydrogen) atoms. The van der Waals surface area contributed by atoms with Crippen molar-refractivity contribution >= 4 is 11.8 Å². The number of nitrogens with zero attached hydrogens (tertiary/aromatic N) is 1. The molecular weight excluding hydrogens is 247 g/mol. The van der Waals surface area contributed by atoms with Crippen molar-refractivity contribution < 1.29 is 4.39 Å². The lowest BCUT2D eigenvalue weighted by atomic mass is 9.84. The number of hydrogen-bond acceptors (Lipinski definition) is 3. The molecule has 1 atom stereocenters. The van der Waals surface area contributed by atoms with Gasteiger partial charge >= 0.3 is 0 Å². The summed E-state index contributed by atoms with van der Waals surface area (Å²) in [5.74, 6) is -0.270. The van der Waals surface area contributed by atoms with E-state index in [9.17, 15) is 4.39 Å². The molecule has 1 heterocycles. The zero-order valence-corrected chi connectivity index (χ0v) is 11.9. The van der Waals surface area contributed by atoms with Crippen LogP contribution in [0.1, 0.15) is 44.3 Å². The molecule has 1 fully saturated rings. The van der Waals surface area contributed by atoms with Crippen molar-refractivity contribution in [2.45, 2.75) is 43.4 Å². The second kappa shape index (κ2) is 6.02. The van der Waals surface area contributed by atoms with Gasteiger partial charge in [-0.15, -0.1) is 0 Å². The van der Waals surface area contributed by atoms with Gasteiger partial charge in [0.1, 0.15) is 5.82 Å². The highest BCUT2D eigenvalue weighted by Gasteiger charge is 2.36. The molecule has 0 aliphatic heterocycles. The molecule has 1 aromatic rings. The number of rotatable bonds is 6. The van der Waals surface area contributed by atoms with Crippen LogP contribution in [0.4, 0.5) is 4.39 Å². The van der Waals surface area contributed by atoms with Gasteiger partial charge in [-0.25, -0.2) is 4.39 Å². The van der Waals surface area contributed by atoms with Crippen LogP contribution in [0.2, 0.25) is 0 Å². The maximum absolute atomic E-state index is 12.9. The molecular formula is C14H21FN2S. The third-order valence-electron chi connectivity index (χ3n) is 3.88. The average molecular weight is 268 g/mol. The Kier molecular flexibility index (Phi) is 4.62. The highest BCUT2D eigenvalue weighted by atomic mass is 32.2. The molecule has 100 valence electrons. The Labute approximate surface area is 113 Å². The van der Waals surface area contributed by atoms with E-state index in [-0.39, 0.29) is 11.9 Å². The third kappa shape index (κ3) is 3.04. The smallest absolute Gasteiger partial charge is 0.141 e. The first-order valence-electron chi connectivity index (χ1n) is 6.59. The van der Waals surface area contributed by atoms with Crippen LogP contribution in [0.5, 0.6) is 0 Å². The molecule has 1 saturated carbocycles. The number of halogens is 1. The summed E-state index contributed by atoms with van der Waals surface area (Å²) in [5.41, 5.74) is 0.939. The van der Waals surface area contributed by atoms with Crippen LogP contribution < -0.4 is 5.32 Å². The summed E-state index contributed by atoms with van der Waals surface area (Å²) < 4.78 is 13.3. The largest absolute Gasteiger partial charge is 0.307 e. The minimum Gasteiger partial charge on any atom is -0.307 e. The number of aromatic nitrogens is 1. The SMILES string of the molecule is CCC(NCC1(SC)CCC1)c1ccc(F)cn1. The van der Waals surface area contributed by atoms with E-state index in [4.69, 9.17) is 0 Å². The topological polar surface area (TPSA) is 24.9 Å². The Balaban J connectivity index is 1.95. The van der Waals surface area contributed by atoms with E-state index in [1.165, 1.54) is 31.5 Å². The first kappa shape index (κ1) is 13.8. The molecule has 0 spiro atoms. The summed E-state index contributed by atoms with van der Waals surface area (Å²) >= 11 is 1.97. The standard InChI is InChI=1S/C14H21FN2S/c1-3-12(13-6-5-11(15)9-16-13)17-10-14(18-2)7-4-8-14/h5-6,9,12,17H,3-4,7-8,10H2,1-2H3. The van der Waals surface area contributed by atoms with E-state index in [2.05, 4.69) is 23.5 Å². The van der Waals surface area contributed by atoms with E-state index in [1.807, 2.05) is 11.8 Å². The fourth-order valence-electron chi connectivity index (χ4n) is 2.38. The summed E-state index contributed by atoms with van der Waals surface area (Å²) in [6, 6.07) is 3.50.